The summed E-state index contributed by atoms with van der Waals surface area (Å²) in [4.78, 5) is 4.78. The molecule has 0 spiro atoms. The SMILES string of the molecule is CN1CCN(Cc2c(O)ccc3c2OC(C)(C)C2=C3CCCC2)CC1.Cl. The van der Waals surface area contributed by atoms with Crippen LogP contribution >= 0.6 is 12.4 Å². The maximum atomic E-state index is 10.6. The van der Waals surface area contributed by atoms with Crippen molar-refractivity contribution in [2.24, 2.45) is 0 Å². The second kappa shape index (κ2) is 7.41. The second-order valence-corrected chi connectivity index (χ2v) is 8.30. The lowest BCUT2D eigenvalue weighted by Gasteiger charge is -2.41. The van der Waals surface area contributed by atoms with E-state index in [4.69, 9.17) is 4.74 Å². The molecule has 5 heteroatoms. The fraction of sp³-hybridized carbons (Fsp3) is 0.619. The van der Waals surface area contributed by atoms with Crippen LogP contribution in [0.3, 0.4) is 0 Å². The Morgan fingerprint density at radius 1 is 1.08 bits per heavy atom. The highest BCUT2D eigenvalue weighted by molar-refractivity contribution is 5.85. The first kappa shape index (κ1) is 19.5. The van der Waals surface area contributed by atoms with Crippen LogP contribution in [0.1, 0.15) is 50.7 Å². The van der Waals surface area contributed by atoms with Crippen LogP contribution in [0.4, 0.5) is 0 Å². The van der Waals surface area contributed by atoms with Crippen molar-refractivity contribution in [2.45, 2.75) is 51.7 Å². The number of ether oxygens (including phenoxy) is 1. The van der Waals surface area contributed by atoms with Crippen LogP contribution in [0, 0.1) is 0 Å². The zero-order valence-corrected chi connectivity index (χ0v) is 17.0. The molecule has 0 bridgehead atoms. The van der Waals surface area contributed by atoms with Gasteiger partial charge in [0.25, 0.3) is 0 Å². The zero-order valence-electron chi connectivity index (χ0n) is 16.2. The Hall–Kier alpha value is -1.23. The molecule has 4 nitrogen and oxygen atoms in total. The molecule has 2 heterocycles. The Kier molecular flexibility index (Phi) is 5.57. The van der Waals surface area contributed by atoms with E-state index in [2.05, 4.69) is 36.8 Å². The van der Waals surface area contributed by atoms with Gasteiger partial charge in [0.1, 0.15) is 17.1 Å². The number of allylic oxidation sites excluding steroid dienone is 1. The van der Waals surface area contributed by atoms with Gasteiger partial charge in [0, 0.05) is 38.3 Å². The molecule has 2 aliphatic heterocycles. The number of halogens is 1. The first-order valence-electron chi connectivity index (χ1n) is 9.63. The third-order valence-electron chi connectivity index (χ3n) is 6.09. The molecule has 3 aliphatic rings. The number of rotatable bonds is 2. The zero-order chi connectivity index (χ0) is 17.6. The fourth-order valence-corrected chi connectivity index (χ4v) is 4.54. The van der Waals surface area contributed by atoms with Crippen LogP contribution in [0.25, 0.3) is 5.57 Å². The Labute approximate surface area is 163 Å². The highest BCUT2D eigenvalue weighted by Crippen LogP contribution is 2.49. The van der Waals surface area contributed by atoms with E-state index >= 15 is 0 Å². The van der Waals surface area contributed by atoms with Crippen LogP contribution in [-0.2, 0) is 6.54 Å². The smallest absolute Gasteiger partial charge is 0.136 e. The minimum atomic E-state index is -0.270. The van der Waals surface area contributed by atoms with Gasteiger partial charge in [0.15, 0.2) is 0 Å². The molecule has 26 heavy (non-hydrogen) atoms. The minimum Gasteiger partial charge on any atom is -0.507 e. The summed E-state index contributed by atoms with van der Waals surface area (Å²) in [7, 11) is 2.17. The number of phenolic OH excluding ortho intramolecular Hbond substituents is 1. The molecular formula is C21H31ClN2O2. The van der Waals surface area contributed by atoms with E-state index in [-0.39, 0.29) is 18.0 Å². The topological polar surface area (TPSA) is 35.9 Å². The second-order valence-electron chi connectivity index (χ2n) is 8.30. The molecule has 1 aromatic carbocycles. The Morgan fingerprint density at radius 3 is 2.50 bits per heavy atom. The van der Waals surface area contributed by atoms with Crippen LogP contribution in [-0.4, -0.2) is 53.7 Å². The molecule has 4 rings (SSSR count). The van der Waals surface area contributed by atoms with E-state index in [0.717, 1.165) is 56.9 Å². The average molecular weight is 379 g/mol. The summed E-state index contributed by atoms with van der Waals surface area (Å²) in [5.74, 6) is 1.29. The van der Waals surface area contributed by atoms with Gasteiger partial charge in [-0.25, -0.2) is 0 Å². The standard InChI is InChI=1S/C21H30N2O2.ClH/c1-21(2)18-7-5-4-6-15(18)16-8-9-19(24)17(20(16)25-21)14-23-12-10-22(3)11-13-23;/h8-9,24H,4-7,10-14H2,1-3H3;1H. The van der Waals surface area contributed by atoms with Crippen molar-refractivity contribution >= 4 is 18.0 Å². The molecule has 1 N–H and O–H groups in total. The fourth-order valence-electron chi connectivity index (χ4n) is 4.54. The normalized spacial score (nSPS) is 22.9. The van der Waals surface area contributed by atoms with E-state index in [1.807, 2.05) is 6.07 Å². The number of likely N-dealkylation sites (N-methyl/N-ethyl adjacent to an activating group) is 1. The number of phenols is 1. The lowest BCUT2D eigenvalue weighted by atomic mass is 9.77. The highest BCUT2D eigenvalue weighted by Gasteiger charge is 2.37. The molecule has 1 aliphatic carbocycles. The Morgan fingerprint density at radius 2 is 1.77 bits per heavy atom. The highest BCUT2D eigenvalue weighted by atomic mass is 35.5. The molecule has 0 saturated carbocycles. The molecule has 0 atom stereocenters. The predicted molar refractivity (Wildman–Crippen MR) is 108 cm³/mol. The van der Waals surface area contributed by atoms with Crippen molar-refractivity contribution in [3.63, 3.8) is 0 Å². The molecule has 1 aromatic rings. The van der Waals surface area contributed by atoms with Crippen LogP contribution in [0.15, 0.2) is 17.7 Å². The Bertz CT molecular complexity index is 706. The summed E-state index contributed by atoms with van der Waals surface area (Å²) in [6.07, 6.45) is 4.78. The van der Waals surface area contributed by atoms with Gasteiger partial charge in [-0.2, -0.15) is 0 Å². The average Bonchev–Trinajstić information content (AvgIpc) is 2.59. The summed E-state index contributed by atoms with van der Waals surface area (Å²) in [6.45, 7) is 9.37. The van der Waals surface area contributed by atoms with Gasteiger partial charge in [-0.3, -0.25) is 4.90 Å². The van der Waals surface area contributed by atoms with Gasteiger partial charge in [0.2, 0.25) is 0 Å². The van der Waals surface area contributed by atoms with E-state index in [9.17, 15) is 5.11 Å². The van der Waals surface area contributed by atoms with Gasteiger partial charge in [-0.15, -0.1) is 12.4 Å². The van der Waals surface area contributed by atoms with Gasteiger partial charge < -0.3 is 14.7 Å². The first-order valence-corrected chi connectivity index (χ1v) is 9.63. The monoisotopic (exact) mass is 378 g/mol. The third kappa shape index (κ3) is 3.47. The largest absolute Gasteiger partial charge is 0.507 e. The summed E-state index contributed by atoms with van der Waals surface area (Å²) in [6, 6.07) is 3.93. The Balaban J connectivity index is 0.00000196. The summed E-state index contributed by atoms with van der Waals surface area (Å²) in [5.41, 5.74) is 4.84. The number of fused-ring (bicyclic) bond motifs is 2. The van der Waals surface area contributed by atoms with E-state index in [1.165, 1.54) is 29.6 Å². The van der Waals surface area contributed by atoms with Gasteiger partial charge in [-0.1, -0.05) is 0 Å². The van der Waals surface area contributed by atoms with Crippen molar-refractivity contribution in [3.8, 4) is 11.5 Å². The summed E-state index contributed by atoms with van der Waals surface area (Å²) in [5, 5.41) is 10.6. The molecule has 0 unspecified atom stereocenters. The number of aromatic hydroxyl groups is 1. The molecule has 144 valence electrons. The predicted octanol–water partition coefficient (Wildman–Crippen LogP) is 4.06. The maximum absolute atomic E-state index is 10.6. The van der Waals surface area contributed by atoms with Gasteiger partial charge >= 0.3 is 0 Å². The van der Waals surface area contributed by atoms with Crippen molar-refractivity contribution in [2.75, 3.05) is 33.2 Å². The molecule has 0 radical (unpaired) electrons. The maximum Gasteiger partial charge on any atom is 0.136 e. The van der Waals surface area contributed by atoms with Crippen molar-refractivity contribution in [1.82, 2.24) is 9.80 Å². The van der Waals surface area contributed by atoms with Crippen LogP contribution in [0.5, 0.6) is 11.5 Å². The number of nitrogens with zero attached hydrogens (tertiary/aromatic N) is 2. The number of benzene rings is 1. The van der Waals surface area contributed by atoms with Gasteiger partial charge in [-0.05, 0) is 69.9 Å². The van der Waals surface area contributed by atoms with E-state index in [0.29, 0.717) is 5.75 Å². The molecule has 0 amide bonds. The summed E-state index contributed by atoms with van der Waals surface area (Å²) >= 11 is 0. The lowest BCUT2D eigenvalue weighted by Crippen LogP contribution is -2.44. The van der Waals surface area contributed by atoms with E-state index < -0.39 is 0 Å². The quantitative estimate of drug-likeness (QED) is 0.841. The first-order chi connectivity index (χ1) is 12.0. The van der Waals surface area contributed by atoms with Crippen LogP contribution in [0.2, 0.25) is 0 Å². The number of piperazine rings is 1. The molecular weight excluding hydrogens is 348 g/mol. The van der Waals surface area contributed by atoms with E-state index in [1.54, 1.807) is 0 Å². The summed E-state index contributed by atoms with van der Waals surface area (Å²) < 4.78 is 6.51. The number of hydrogen-bond acceptors (Lipinski definition) is 4. The lowest BCUT2D eigenvalue weighted by molar-refractivity contribution is 0.124. The minimum absolute atomic E-state index is 0. The molecule has 1 fully saturated rings. The van der Waals surface area contributed by atoms with Crippen LogP contribution < -0.4 is 4.74 Å². The number of hydrogen-bond donors (Lipinski definition) is 1. The van der Waals surface area contributed by atoms with Crippen molar-refractivity contribution in [3.05, 3.63) is 28.8 Å². The third-order valence-corrected chi connectivity index (χ3v) is 6.09. The van der Waals surface area contributed by atoms with Crippen molar-refractivity contribution in [1.29, 1.82) is 0 Å². The molecule has 0 aromatic heterocycles. The van der Waals surface area contributed by atoms with Gasteiger partial charge in [0.05, 0.1) is 5.56 Å². The molecule has 1 saturated heterocycles. The van der Waals surface area contributed by atoms with Crippen molar-refractivity contribution < 1.29 is 9.84 Å².